The topological polar surface area (TPSA) is 49.6 Å². The molecule has 0 radical (unpaired) electrons. The van der Waals surface area contributed by atoms with Crippen LogP contribution in [0.5, 0.6) is 0 Å². The van der Waals surface area contributed by atoms with Crippen molar-refractivity contribution in [3.05, 3.63) is 34.9 Å². The van der Waals surface area contributed by atoms with E-state index in [0.717, 1.165) is 44.2 Å². The summed E-state index contributed by atoms with van der Waals surface area (Å²) in [6.07, 6.45) is 0.982. The van der Waals surface area contributed by atoms with E-state index in [9.17, 15) is 4.79 Å². The number of carbonyl (C=O) groups is 1. The molecule has 4 nitrogen and oxygen atoms in total. The highest BCUT2D eigenvalue weighted by atomic mass is 35.5. The molecule has 1 atom stereocenters. The molecule has 1 aromatic rings. The number of rotatable bonds is 3. The molecule has 1 saturated heterocycles. The number of carbonyl (C=O) groups excluding carboxylic acids is 1. The van der Waals surface area contributed by atoms with Crippen LogP contribution in [-0.2, 0) is 11.3 Å². The van der Waals surface area contributed by atoms with E-state index >= 15 is 0 Å². The Morgan fingerprint density at radius 2 is 1.72 bits per heavy atom. The van der Waals surface area contributed by atoms with Gasteiger partial charge in [0.1, 0.15) is 0 Å². The molecule has 0 unspecified atom stereocenters. The van der Waals surface area contributed by atoms with E-state index in [1.54, 1.807) is 0 Å². The molecule has 0 saturated carbocycles. The summed E-state index contributed by atoms with van der Waals surface area (Å²) >= 11 is 5.93. The Morgan fingerprint density at radius 3 is 2.28 bits per heavy atom. The number of hydrogen-bond donors (Lipinski definition) is 1. The first-order chi connectivity index (χ1) is 10.8. The Kier molecular flexibility index (Phi) is 10.4. The number of hydrogen-bond acceptors (Lipinski definition) is 3. The van der Waals surface area contributed by atoms with Crippen LogP contribution in [0.2, 0.25) is 5.02 Å². The van der Waals surface area contributed by atoms with Crippen LogP contribution in [0.1, 0.15) is 32.8 Å². The van der Waals surface area contributed by atoms with Crippen molar-refractivity contribution in [1.82, 2.24) is 9.80 Å². The predicted molar refractivity (Wildman–Crippen MR) is 110 cm³/mol. The molecule has 1 fully saturated rings. The van der Waals surface area contributed by atoms with Crippen LogP contribution in [0.15, 0.2) is 24.3 Å². The largest absolute Gasteiger partial charge is 0.340 e. The van der Waals surface area contributed by atoms with Gasteiger partial charge >= 0.3 is 0 Å². The molecule has 1 aromatic carbocycles. The fraction of sp³-hybridized carbons (Fsp3) is 0.611. The molecule has 2 rings (SSSR count). The molecule has 1 amide bonds. The van der Waals surface area contributed by atoms with Crippen molar-refractivity contribution in [3.63, 3.8) is 0 Å². The van der Waals surface area contributed by atoms with Crippen molar-refractivity contribution >= 4 is 42.3 Å². The fourth-order valence-electron chi connectivity index (χ4n) is 2.76. The summed E-state index contributed by atoms with van der Waals surface area (Å²) in [5.74, 6) is 0.0749. The van der Waals surface area contributed by atoms with Crippen molar-refractivity contribution < 1.29 is 4.79 Å². The van der Waals surface area contributed by atoms with Gasteiger partial charge < -0.3 is 10.6 Å². The number of nitrogens with zero attached hydrogens (tertiary/aromatic N) is 2. The first-order valence-corrected chi connectivity index (χ1v) is 8.66. The molecule has 1 aliphatic heterocycles. The third-order valence-corrected chi connectivity index (χ3v) is 4.67. The lowest BCUT2D eigenvalue weighted by molar-refractivity contribution is -0.134. The van der Waals surface area contributed by atoms with Gasteiger partial charge in [-0.2, -0.15) is 0 Å². The highest BCUT2D eigenvalue weighted by molar-refractivity contribution is 6.30. The van der Waals surface area contributed by atoms with E-state index < -0.39 is 6.04 Å². The van der Waals surface area contributed by atoms with Crippen molar-refractivity contribution in [1.29, 1.82) is 0 Å². The van der Waals surface area contributed by atoms with Crippen LogP contribution in [0.25, 0.3) is 0 Å². The lowest BCUT2D eigenvalue weighted by Crippen LogP contribution is -2.51. The average molecular weight is 411 g/mol. The van der Waals surface area contributed by atoms with E-state index in [1.165, 1.54) is 5.56 Å². The molecule has 144 valence electrons. The number of nitrogens with two attached hydrogens (primary N) is 1. The minimum atomic E-state index is -0.440. The molecule has 0 spiro atoms. The smallest absolute Gasteiger partial charge is 0.240 e. The van der Waals surface area contributed by atoms with Gasteiger partial charge in [0.05, 0.1) is 6.04 Å². The molecule has 1 heterocycles. The van der Waals surface area contributed by atoms with Gasteiger partial charge in [-0.3, -0.25) is 9.69 Å². The van der Waals surface area contributed by atoms with Gasteiger partial charge in [0.25, 0.3) is 0 Å². The van der Waals surface area contributed by atoms with E-state index in [-0.39, 0.29) is 36.1 Å². The predicted octanol–water partition coefficient (Wildman–Crippen LogP) is 3.59. The fourth-order valence-corrected chi connectivity index (χ4v) is 2.89. The van der Waals surface area contributed by atoms with Crippen LogP contribution >= 0.6 is 36.4 Å². The SMILES string of the molecule is CC(C)(C)[C@H](N)C(=O)N1CCCN(Cc2ccc(Cl)cc2)CC1.Cl.Cl. The minimum absolute atomic E-state index is 0. The lowest BCUT2D eigenvalue weighted by Gasteiger charge is -2.31. The van der Waals surface area contributed by atoms with Crippen LogP contribution in [0, 0.1) is 5.41 Å². The molecule has 7 heteroatoms. The maximum absolute atomic E-state index is 12.6. The standard InChI is InChI=1S/C18H28ClN3O.2ClH/c1-18(2,3)16(20)17(23)22-10-4-9-21(11-12-22)13-14-5-7-15(19)8-6-14;;/h5-8,16H,4,9-13,20H2,1-3H3;2*1H/t16-;;/m1../s1. The first-order valence-electron chi connectivity index (χ1n) is 8.28. The van der Waals surface area contributed by atoms with Gasteiger partial charge in [-0.15, -0.1) is 24.8 Å². The second-order valence-corrected chi connectivity index (χ2v) is 7.86. The number of halogens is 3. The van der Waals surface area contributed by atoms with Gasteiger partial charge in [-0.05, 0) is 29.5 Å². The van der Waals surface area contributed by atoms with Crippen molar-refractivity contribution in [2.75, 3.05) is 26.2 Å². The molecule has 0 aliphatic carbocycles. The van der Waals surface area contributed by atoms with E-state index in [4.69, 9.17) is 17.3 Å². The monoisotopic (exact) mass is 409 g/mol. The molecule has 25 heavy (non-hydrogen) atoms. The van der Waals surface area contributed by atoms with Crippen molar-refractivity contribution in [3.8, 4) is 0 Å². The Bertz CT molecular complexity index is 531. The second-order valence-electron chi connectivity index (χ2n) is 7.43. The zero-order chi connectivity index (χ0) is 17.0. The summed E-state index contributed by atoms with van der Waals surface area (Å²) < 4.78 is 0. The third kappa shape index (κ3) is 7.32. The maximum Gasteiger partial charge on any atom is 0.240 e. The average Bonchev–Trinajstić information content (AvgIpc) is 2.73. The summed E-state index contributed by atoms with van der Waals surface area (Å²) in [5, 5.41) is 0.762. The molecular weight excluding hydrogens is 381 g/mol. The van der Waals surface area contributed by atoms with Crippen molar-refractivity contribution in [2.24, 2.45) is 11.1 Å². The highest BCUT2D eigenvalue weighted by Gasteiger charge is 2.31. The van der Waals surface area contributed by atoms with E-state index in [2.05, 4.69) is 17.0 Å². The van der Waals surface area contributed by atoms with Gasteiger partial charge in [0.15, 0.2) is 0 Å². The molecule has 0 aromatic heterocycles. The Morgan fingerprint density at radius 1 is 1.12 bits per heavy atom. The van der Waals surface area contributed by atoms with Crippen molar-refractivity contribution in [2.45, 2.75) is 39.8 Å². The third-order valence-electron chi connectivity index (χ3n) is 4.42. The summed E-state index contributed by atoms with van der Waals surface area (Å²) in [6.45, 7) is 10.4. The second kappa shape index (κ2) is 10.6. The van der Waals surface area contributed by atoms with Gasteiger partial charge in [-0.1, -0.05) is 44.5 Å². The Labute approximate surface area is 168 Å². The summed E-state index contributed by atoms with van der Waals surface area (Å²) in [4.78, 5) is 16.9. The van der Waals surface area contributed by atoms with E-state index in [1.807, 2.05) is 37.8 Å². The molecular formula is C18H30Cl3N3O. The summed E-state index contributed by atoms with van der Waals surface area (Å²) in [6, 6.07) is 7.53. The quantitative estimate of drug-likeness (QED) is 0.828. The maximum atomic E-state index is 12.6. The number of amides is 1. The lowest BCUT2D eigenvalue weighted by atomic mass is 9.86. The normalized spacial score (nSPS) is 17.1. The minimum Gasteiger partial charge on any atom is -0.340 e. The van der Waals surface area contributed by atoms with Crippen LogP contribution in [-0.4, -0.2) is 47.9 Å². The summed E-state index contributed by atoms with van der Waals surface area (Å²) in [5.41, 5.74) is 7.18. The first kappa shape index (κ1) is 24.5. The zero-order valence-electron chi connectivity index (χ0n) is 15.2. The number of benzene rings is 1. The van der Waals surface area contributed by atoms with E-state index in [0.29, 0.717) is 0 Å². The van der Waals surface area contributed by atoms with Crippen LogP contribution < -0.4 is 5.73 Å². The van der Waals surface area contributed by atoms with Gasteiger partial charge in [0, 0.05) is 37.7 Å². The van der Waals surface area contributed by atoms with Gasteiger partial charge in [0.2, 0.25) is 5.91 Å². The van der Waals surface area contributed by atoms with Gasteiger partial charge in [-0.25, -0.2) is 0 Å². The molecule has 1 aliphatic rings. The molecule has 2 N–H and O–H groups in total. The van der Waals surface area contributed by atoms with Crippen LogP contribution in [0.3, 0.4) is 0 Å². The zero-order valence-corrected chi connectivity index (χ0v) is 17.6. The Hall–Kier alpha value is -0.520. The highest BCUT2D eigenvalue weighted by Crippen LogP contribution is 2.20. The van der Waals surface area contributed by atoms with Crippen LogP contribution in [0.4, 0.5) is 0 Å². The Balaban J connectivity index is 0.00000288. The molecule has 0 bridgehead atoms. The summed E-state index contributed by atoms with van der Waals surface area (Å²) in [7, 11) is 0.